The molecule has 0 heterocycles. The van der Waals surface area contributed by atoms with E-state index in [9.17, 15) is 14.4 Å². The van der Waals surface area contributed by atoms with Crippen molar-refractivity contribution in [2.75, 3.05) is 12.4 Å². The Morgan fingerprint density at radius 1 is 1.00 bits per heavy atom. The van der Waals surface area contributed by atoms with Gasteiger partial charge in [-0.15, -0.1) is 0 Å². The number of carbonyl (C=O) groups excluding carboxylic acids is 2. The number of anilines is 1. The van der Waals surface area contributed by atoms with E-state index in [0.29, 0.717) is 23.2 Å². The first kappa shape index (κ1) is 18.2. The van der Waals surface area contributed by atoms with Crippen molar-refractivity contribution in [3.8, 4) is 0 Å². The Morgan fingerprint density at radius 2 is 1.60 bits per heavy atom. The maximum absolute atomic E-state index is 12.3. The topological polar surface area (TPSA) is 95.5 Å². The summed E-state index contributed by atoms with van der Waals surface area (Å²) in [7, 11) is 1.53. The van der Waals surface area contributed by atoms with Crippen molar-refractivity contribution >= 4 is 23.5 Å². The van der Waals surface area contributed by atoms with Crippen molar-refractivity contribution in [2.24, 2.45) is 5.92 Å². The zero-order valence-corrected chi connectivity index (χ0v) is 14.1. The SMILES string of the molecule is CNC(=O)c1cccc(C(=O)Nc2ccc(CC(C)C(=O)O)cc2)c1. The number of carboxylic acid groups (broad SMARTS) is 1. The van der Waals surface area contributed by atoms with Crippen LogP contribution >= 0.6 is 0 Å². The van der Waals surface area contributed by atoms with Crippen LogP contribution in [-0.4, -0.2) is 29.9 Å². The minimum atomic E-state index is -0.839. The summed E-state index contributed by atoms with van der Waals surface area (Å²) in [5.41, 5.74) is 2.27. The van der Waals surface area contributed by atoms with Crippen molar-refractivity contribution in [3.05, 3.63) is 65.2 Å². The smallest absolute Gasteiger partial charge is 0.306 e. The molecule has 0 radical (unpaired) electrons. The second-order valence-corrected chi connectivity index (χ2v) is 5.75. The molecule has 1 atom stereocenters. The second kappa shape index (κ2) is 8.10. The van der Waals surface area contributed by atoms with E-state index in [4.69, 9.17) is 5.11 Å². The lowest BCUT2D eigenvalue weighted by molar-refractivity contribution is -0.141. The predicted octanol–water partition coefficient (Wildman–Crippen LogP) is 2.56. The van der Waals surface area contributed by atoms with Crippen molar-refractivity contribution in [2.45, 2.75) is 13.3 Å². The lowest BCUT2D eigenvalue weighted by atomic mass is 10.0. The minimum absolute atomic E-state index is 0.258. The average Bonchev–Trinajstić information content (AvgIpc) is 2.62. The normalized spacial score (nSPS) is 11.4. The van der Waals surface area contributed by atoms with Gasteiger partial charge in [0.15, 0.2) is 0 Å². The summed E-state index contributed by atoms with van der Waals surface area (Å²) in [6.45, 7) is 1.65. The van der Waals surface area contributed by atoms with Crippen LogP contribution in [0.25, 0.3) is 0 Å². The third-order valence-corrected chi connectivity index (χ3v) is 3.79. The van der Waals surface area contributed by atoms with Crippen LogP contribution in [0.5, 0.6) is 0 Å². The van der Waals surface area contributed by atoms with Gasteiger partial charge in [0, 0.05) is 23.9 Å². The molecule has 2 aromatic carbocycles. The zero-order chi connectivity index (χ0) is 18.4. The van der Waals surface area contributed by atoms with Gasteiger partial charge in [0.05, 0.1) is 5.92 Å². The Balaban J connectivity index is 2.05. The molecule has 0 saturated heterocycles. The van der Waals surface area contributed by atoms with Crippen LogP contribution in [0.15, 0.2) is 48.5 Å². The quantitative estimate of drug-likeness (QED) is 0.753. The largest absolute Gasteiger partial charge is 0.481 e. The molecule has 0 saturated carbocycles. The third kappa shape index (κ3) is 4.91. The number of carbonyl (C=O) groups is 3. The van der Waals surface area contributed by atoms with E-state index in [2.05, 4.69) is 10.6 Å². The first-order valence-corrected chi connectivity index (χ1v) is 7.86. The molecule has 0 fully saturated rings. The van der Waals surface area contributed by atoms with E-state index < -0.39 is 11.9 Å². The summed E-state index contributed by atoms with van der Waals surface area (Å²) >= 11 is 0. The number of rotatable bonds is 6. The fraction of sp³-hybridized carbons (Fsp3) is 0.211. The number of benzene rings is 2. The molecule has 2 aromatic rings. The molecule has 6 nitrogen and oxygen atoms in total. The van der Waals surface area contributed by atoms with Gasteiger partial charge in [-0.1, -0.05) is 25.1 Å². The zero-order valence-electron chi connectivity index (χ0n) is 14.1. The van der Waals surface area contributed by atoms with Gasteiger partial charge >= 0.3 is 5.97 Å². The van der Waals surface area contributed by atoms with Gasteiger partial charge < -0.3 is 15.7 Å². The highest BCUT2D eigenvalue weighted by molar-refractivity contribution is 6.06. The van der Waals surface area contributed by atoms with Crippen molar-refractivity contribution in [1.29, 1.82) is 0 Å². The number of hydrogen-bond donors (Lipinski definition) is 3. The first-order chi connectivity index (χ1) is 11.9. The highest BCUT2D eigenvalue weighted by Crippen LogP contribution is 2.15. The third-order valence-electron chi connectivity index (χ3n) is 3.79. The molecule has 1 unspecified atom stereocenters. The van der Waals surface area contributed by atoms with E-state index in [1.165, 1.54) is 13.1 Å². The summed E-state index contributed by atoms with van der Waals surface area (Å²) in [5.74, 6) is -1.88. The summed E-state index contributed by atoms with van der Waals surface area (Å²) < 4.78 is 0. The Labute approximate surface area is 145 Å². The van der Waals surface area contributed by atoms with Crippen LogP contribution in [0, 0.1) is 5.92 Å². The molecule has 3 N–H and O–H groups in total. The molecule has 25 heavy (non-hydrogen) atoms. The molecule has 2 rings (SSSR count). The summed E-state index contributed by atoms with van der Waals surface area (Å²) in [6.07, 6.45) is 0.428. The van der Waals surface area contributed by atoms with Gasteiger partial charge in [-0.05, 0) is 42.3 Å². The molecule has 0 bridgehead atoms. The van der Waals surface area contributed by atoms with Crippen molar-refractivity contribution < 1.29 is 19.5 Å². The van der Waals surface area contributed by atoms with Crippen LogP contribution in [0.4, 0.5) is 5.69 Å². The highest BCUT2D eigenvalue weighted by atomic mass is 16.4. The number of aliphatic carboxylic acids is 1. The molecule has 0 aliphatic carbocycles. The minimum Gasteiger partial charge on any atom is -0.481 e. The van der Waals surface area contributed by atoms with Gasteiger partial charge in [-0.3, -0.25) is 14.4 Å². The predicted molar refractivity (Wildman–Crippen MR) is 94.7 cm³/mol. The van der Waals surface area contributed by atoms with E-state index >= 15 is 0 Å². The molecule has 0 aliphatic heterocycles. The molecular weight excluding hydrogens is 320 g/mol. The highest BCUT2D eigenvalue weighted by Gasteiger charge is 2.12. The van der Waals surface area contributed by atoms with Crippen LogP contribution in [0.1, 0.15) is 33.2 Å². The van der Waals surface area contributed by atoms with Gasteiger partial charge in [0.1, 0.15) is 0 Å². The fourth-order valence-corrected chi connectivity index (χ4v) is 2.31. The number of nitrogens with one attached hydrogen (secondary N) is 2. The second-order valence-electron chi connectivity index (χ2n) is 5.75. The van der Waals surface area contributed by atoms with Crippen LogP contribution < -0.4 is 10.6 Å². The Morgan fingerprint density at radius 3 is 2.16 bits per heavy atom. The summed E-state index contributed by atoms with van der Waals surface area (Å²) in [6, 6.07) is 13.5. The molecule has 0 spiro atoms. The lowest BCUT2D eigenvalue weighted by Crippen LogP contribution is -2.19. The lowest BCUT2D eigenvalue weighted by Gasteiger charge is -2.09. The number of amides is 2. The average molecular weight is 340 g/mol. The molecule has 0 aromatic heterocycles. The maximum atomic E-state index is 12.3. The first-order valence-electron chi connectivity index (χ1n) is 7.86. The molecule has 2 amide bonds. The number of carboxylic acids is 1. The van der Waals surface area contributed by atoms with E-state index in [1.54, 1.807) is 49.4 Å². The fourth-order valence-electron chi connectivity index (χ4n) is 2.31. The number of hydrogen-bond acceptors (Lipinski definition) is 3. The van der Waals surface area contributed by atoms with Crippen LogP contribution in [0.2, 0.25) is 0 Å². The maximum Gasteiger partial charge on any atom is 0.306 e. The summed E-state index contributed by atoms with van der Waals surface area (Å²) in [5, 5.41) is 14.2. The van der Waals surface area contributed by atoms with Gasteiger partial charge in [0.25, 0.3) is 11.8 Å². The molecule has 130 valence electrons. The van der Waals surface area contributed by atoms with E-state index in [0.717, 1.165) is 5.56 Å². The van der Waals surface area contributed by atoms with Gasteiger partial charge in [-0.2, -0.15) is 0 Å². The van der Waals surface area contributed by atoms with Crippen molar-refractivity contribution in [3.63, 3.8) is 0 Å². The van der Waals surface area contributed by atoms with Crippen LogP contribution in [0.3, 0.4) is 0 Å². The molecular formula is C19H20N2O4. The Bertz CT molecular complexity index is 784. The van der Waals surface area contributed by atoms with Crippen LogP contribution in [-0.2, 0) is 11.2 Å². The standard InChI is InChI=1S/C19H20N2O4/c1-12(19(24)25)10-13-6-8-16(9-7-13)21-18(23)15-5-3-4-14(11-15)17(22)20-2/h3-9,11-12H,10H2,1-2H3,(H,20,22)(H,21,23)(H,24,25). The van der Waals surface area contributed by atoms with E-state index in [1.807, 2.05) is 0 Å². The molecule has 0 aliphatic rings. The Kier molecular flexibility index (Phi) is 5.89. The van der Waals surface area contributed by atoms with Crippen molar-refractivity contribution in [1.82, 2.24) is 5.32 Å². The van der Waals surface area contributed by atoms with Gasteiger partial charge in [-0.25, -0.2) is 0 Å². The van der Waals surface area contributed by atoms with E-state index in [-0.39, 0.29) is 11.8 Å². The monoisotopic (exact) mass is 340 g/mol. The van der Waals surface area contributed by atoms with Gasteiger partial charge in [0.2, 0.25) is 0 Å². The Hall–Kier alpha value is -3.15. The summed E-state index contributed by atoms with van der Waals surface area (Å²) in [4.78, 5) is 34.8. The molecule has 6 heteroatoms.